The van der Waals surface area contributed by atoms with Gasteiger partial charge in [-0.3, -0.25) is 14.9 Å². The summed E-state index contributed by atoms with van der Waals surface area (Å²) in [5.74, 6) is -0.138. The molecular weight excluding hydrogens is 376 g/mol. The lowest BCUT2D eigenvalue weighted by Gasteiger charge is -2.26. The third kappa shape index (κ3) is 3.10. The number of aromatic nitrogens is 5. The molecule has 0 radical (unpaired) electrons. The zero-order valence-corrected chi connectivity index (χ0v) is 16.6. The number of nitrogens with one attached hydrogen (secondary N) is 3. The summed E-state index contributed by atoms with van der Waals surface area (Å²) in [6, 6.07) is 17.6. The van der Waals surface area contributed by atoms with Crippen LogP contribution in [0.2, 0.25) is 0 Å². The molecule has 2 aromatic carbocycles. The Kier molecular flexibility index (Phi) is 4.10. The number of nitrogens with zero attached hydrogens (tertiary/aromatic N) is 3. The van der Waals surface area contributed by atoms with Crippen molar-refractivity contribution in [2.24, 2.45) is 0 Å². The van der Waals surface area contributed by atoms with E-state index in [1.165, 1.54) is 0 Å². The average molecular weight is 396 g/mol. The van der Waals surface area contributed by atoms with E-state index in [4.69, 9.17) is 0 Å². The predicted molar refractivity (Wildman–Crippen MR) is 116 cm³/mol. The van der Waals surface area contributed by atoms with Gasteiger partial charge in [-0.05, 0) is 43.7 Å². The molecule has 7 heteroatoms. The molecule has 5 aromatic rings. The molecule has 0 atom stereocenters. The summed E-state index contributed by atoms with van der Waals surface area (Å²) >= 11 is 0. The maximum atomic E-state index is 12.9. The minimum absolute atomic E-state index is 0.163. The number of hydrogen-bond donors (Lipinski definition) is 3. The maximum Gasteiger partial charge on any atom is 0.289 e. The molecule has 3 aromatic heterocycles. The highest BCUT2D eigenvalue weighted by atomic mass is 16.2. The molecule has 148 valence electrons. The monoisotopic (exact) mass is 396 g/mol. The van der Waals surface area contributed by atoms with Crippen LogP contribution in [-0.4, -0.2) is 31.1 Å². The van der Waals surface area contributed by atoms with E-state index in [1.54, 1.807) is 12.4 Å². The Labute approximate surface area is 172 Å². The third-order valence-corrected chi connectivity index (χ3v) is 5.25. The Bertz CT molecular complexity index is 1350. The molecule has 0 saturated heterocycles. The van der Waals surface area contributed by atoms with E-state index in [-0.39, 0.29) is 11.7 Å². The second-order valence-electron chi connectivity index (χ2n) is 7.74. The van der Waals surface area contributed by atoms with Crippen molar-refractivity contribution in [2.45, 2.75) is 19.4 Å². The van der Waals surface area contributed by atoms with Gasteiger partial charge in [-0.15, -0.1) is 0 Å². The van der Waals surface area contributed by atoms with E-state index in [9.17, 15) is 4.79 Å². The number of pyridine rings is 1. The summed E-state index contributed by atoms with van der Waals surface area (Å²) in [5.41, 5.74) is 4.66. The SMILES string of the molecule is CC(C)(NC(=O)c1nc2cc3[nH][nH]c(-c4ccncc4)c3cc2n1)c1ccccc1. The Morgan fingerprint density at radius 1 is 0.933 bits per heavy atom. The van der Waals surface area contributed by atoms with Gasteiger partial charge in [0.25, 0.3) is 5.91 Å². The largest absolute Gasteiger partial charge is 0.340 e. The summed E-state index contributed by atoms with van der Waals surface area (Å²) in [4.78, 5) is 25.9. The molecule has 3 heterocycles. The molecule has 0 fully saturated rings. The van der Waals surface area contributed by atoms with Gasteiger partial charge in [-0.1, -0.05) is 30.3 Å². The van der Waals surface area contributed by atoms with E-state index in [0.717, 1.165) is 27.7 Å². The van der Waals surface area contributed by atoms with Crippen molar-refractivity contribution in [3.05, 3.63) is 78.4 Å². The van der Waals surface area contributed by atoms with Crippen molar-refractivity contribution in [2.75, 3.05) is 0 Å². The molecule has 7 nitrogen and oxygen atoms in total. The number of fused-ring (bicyclic) bond motifs is 2. The van der Waals surface area contributed by atoms with Crippen molar-refractivity contribution in [1.29, 1.82) is 0 Å². The van der Waals surface area contributed by atoms with Gasteiger partial charge in [0.15, 0.2) is 0 Å². The van der Waals surface area contributed by atoms with Crippen LogP contribution < -0.4 is 5.32 Å². The fourth-order valence-corrected chi connectivity index (χ4v) is 3.63. The van der Waals surface area contributed by atoms with Gasteiger partial charge >= 0.3 is 0 Å². The molecule has 5 rings (SSSR count). The second-order valence-corrected chi connectivity index (χ2v) is 7.74. The highest BCUT2D eigenvalue weighted by Gasteiger charge is 2.25. The van der Waals surface area contributed by atoms with Gasteiger partial charge in [0, 0.05) is 23.3 Å². The molecule has 0 aliphatic heterocycles. The Morgan fingerprint density at radius 3 is 2.37 bits per heavy atom. The van der Waals surface area contributed by atoms with E-state index in [1.807, 2.05) is 68.4 Å². The second kappa shape index (κ2) is 6.81. The average Bonchev–Trinajstić information content (AvgIpc) is 3.36. The molecular formula is C23H20N6O. The first-order chi connectivity index (χ1) is 14.5. The highest BCUT2D eigenvalue weighted by molar-refractivity contribution is 6.02. The van der Waals surface area contributed by atoms with Gasteiger partial charge in [0.1, 0.15) is 0 Å². The van der Waals surface area contributed by atoms with Crippen LogP contribution in [0.1, 0.15) is 30.0 Å². The van der Waals surface area contributed by atoms with E-state index >= 15 is 0 Å². The van der Waals surface area contributed by atoms with Crippen LogP contribution in [0.15, 0.2) is 67.0 Å². The van der Waals surface area contributed by atoms with Gasteiger partial charge in [0.05, 0.1) is 27.8 Å². The van der Waals surface area contributed by atoms with Crippen molar-refractivity contribution in [3.8, 4) is 11.3 Å². The number of hydrogen-bond acceptors (Lipinski definition) is 4. The summed E-state index contributed by atoms with van der Waals surface area (Å²) in [6.45, 7) is 3.92. The standard InChI is InChI=1S/C23H20N6O/c1-23(2,15-6-4-3-5-7-15)27-22(30)21-25-18-12-16-17(13-19(18)26-21)28-29-20(16)14-8-10-24-11-9-14/h3-13,28-29H,1-2H3,(H,27,30). The van der Waals surface area contributed by atoms with Crippen molar-refractivity contribution in [3.63, 3.8) is 0 Å². The van der Waals surface area contributed by atoms with E-state index < -0.39 is 5.54 Å². The van der Waals surface area contributed by atoms with Gasteiger partial charge in [0.2, 0.25) is 5.82 Å². The molecule has 0 aliphatic rings. The lowest BCUT2D eigenvalue weighted by Crippen LogP contribution is -2.41. The Balaban J connectivity index is 1.50. The number of rotatable bonds is 4. The fraction of sp³-hybridized carbons (Fsp3) is 0.130. The molecule has 0 saturated carbocycles. The topological polar surface area (TPSA) is 99.3 Å². The van der Waals surface area contributed by atoms with Crippen LogP contribution in [0.5, 0.6) is 0 Å². The van der Waals surface area contributed by atoms with Crippen LogP contribution >= 0.6 is 0 Å². The fourth-order valence-electron chi connectivity index (χ4n) is 3.63. The Hall–Kier alpha value is -4.00. The van der Waals surface area contributed by atoms with Crippen molar-refractivity contribution < 1.29 is 4.79 Å². The van der Waals surface area contributed by atoms with Crippen molar-refractivity contribution >= 4 is 27.8 Å². The molecule has 0 unspecified atom stereocenters. The minimum atomic E-state index is -0.541. The smallest absolute Gasteiger partial charge is 0.289 e. The van der Waals surface area contributed by atoms with Gasteiger partial charge < -0.3 is 10.4 Å². The summed E-state index contributed by atoms with van der Waals surface area (Å²) in [5, 5.41) is 10.4. The molecule has 0 aliphatic carbocycles. The number of amides is 1. The van der Waals surface area contributed by atoms with Crippen LogP contribution in [-0.2, 0) is 5.54 Å². The maximum absolute atomic E-state index is 12.9. The number of aromatic amines is 2. The number of carbonyl (C=O) groups excluding carboxylic acids is 1. The molecule has 0 spiro atoms. The quantitative estimate of drug-likeness (QED) is 0.425. The van der Waals surface area contributed by atoms with Crippen LogP contribution in [0.3, 0.4) is 0 Å². The number of benzene rings is 2. The van der Waals surface area contributed by atoms with Crippen LogP contribution in [0.25, 0.3) is 33.2 Å². The third-order valence-electron chi connectivity index (χ3n) is 5.25. The first-order valence-electron chi connectivity index (χ1n) is 9.67. The summed E-state index contributed by atoms with van der Waals surface area (Å²) in [6.07, 6.45) is 3.50. The first kappa shape index (κ1) is 18.1. The van der Waals surface area contributed by atoms with Gasteiger partial charge in [-0.25, -0.2) is 9.97 Å². The molecule has 3 N–H and O–H groups in total. The zero-order valence-electron chi connectivity index (χ0n) is 16.6. The molecule has 0 bridgehead atoms. The summed E-state index contributed by atoms with van der Waals surface area (Å²) in [7, 11) is 0. The van der Waals surface area contributed by atoms with E-state index in [2.05, 4.69) is 30.5 Å². The molecule has 1 amide bonds. The van der Waals surface area contributed by atoms with Crippen molar-refractivity contribution in [1.82, 2.24) is 30.5 Å². The minimum Gasteiger partial charge on any atom is -0.340 e. The zero-order chi connectivity index (χ0) is 20.7. The van der Waals surface area contributed by atoms with Gasteiger partial charge in [-0.2, -0.15) is 0 Å². The van der Waals surface area contributed by atoms with Crippen LogP contribution in [0.4, 0.5) is 0 Å². The predicted octanol–water partition coefficient (Wildman–Crippen LogP) is 4.17. The molecule has 30 heavy (non-hydrogen) atoms. The number of H-pyrrole nitrogens is 2. The Morgan fingerprint density at radius 2 is 1.63 bits per heavy atom. The lowest BCUT2D eigenvalue weighted by atomic mass is 9.94. The summed E-state index contributed by atoms with van der Waals surface area (Å²) < 4.78 is 0. The first-order valence-corrected chi connectivity index (χ1v) is 9.67. The van der Waals surface area contributed by atoms with E-state index in [0.29, 0.717) is 11.0 Å². The highest BCUT2D eigenvalue weighted by Crippen LogP contribution is 2.29. The van der Waals surface area contributed by atoms with Crippen LogP contribution in [0, 0.1) is 0 Å². The number of imidazole rings is 1. The lowest BCUT2D eigenvalue weighted by molar-refractivity contribution is 0.0902. The normalized spacial score (nSPS) is 11.8. The number of carbonyl (C=O) groups is 1.